The summed E-state index contributed by atoms with van der Waals surface area (Å²) in [5.41, 5.74) is 4.22. The number of nitrogens with one attached hydrogen (secondary N) is 1. The Hall–Kier alpha value is -2.63. The maximum atomic E-state index is 10.8. The molecule has 2 aromatic heterocycles. The third kappa shape index (κ3) is 1.87. The van der Waals surface area contributed by atoms with Gasteiger partial charge in [-0.05, 0) is 37.1 Å². The number of benzene rings is 1. The molecule has 0 saturated heterocycles. The Morgan fingerprint density at radius 3 is 2.74 bits per heavy atom. The number of rotatable bonds is 2. The smallest absolute Gasteiger partial charge is 0.338 e. The molecule has 6 nitrogen and oxygen atoms in total. The molecule has 0 atom stereocenters. The molecule has 0 bridgehead atoms. The van der Waals surface area contributed by atoms with E-state index in [0.717, 1.165) is 16.6 Å². The average Bonchev–Trinajstić information content (AvgIpc) is 2.95. The van der Waals surface area contributed by atoms with Gasteiger partial charge in [0.15, 0.2) is 0 Å². The summed E-state index contributed by atoms with van der Waals surface area (Å²) >= 11 is 0. The van der Waals surface area contributed by atoms with Crippen molar-refractivity contribution >= 4 is 17.0 Å². The van der Waals surface area contributed by atoms with E-state index in [1.807, 2.05) is 26.0 Å². The van der Waals surface area contributed by atoms with E-state index in [4.69, 9.17) is 5.11 Å². The minimum absolute atomic E-state index is 0.132. The van der Waals surface area contributed by atoms with Gasteiger partial charge in [0.05, 0.1) is 22.8 Å². The van der Waals surface area contributed by atoms with Gasteiger partial charge in [-0.3, -0.25) is 0 Å². The summed E-state index contributed by atoms with van der Waals surface area (Å²) in [6.07, 6.45) is 2.73. The lowest BCUT2D eigenvalue weighted by Gasteiger charge is -1.97. The largest absolute Gasteiger partial charge is 0.478 e. The predicted molar refractivity (Wildman–Crippen MR) is 69.6 cm³/mol. The van der Waals surface area contributed by atoms with Gasteiger partial charge in [-0.2, -0.15) is 5.10 Å². The molecule has 3 rings (SSSR count). The van der Waals surface area contributed by atoms with Gasteiger partial charge in [-0.1, -0.05) is 0 Å². The van der Waals surface area contributed by atoms with Crippen LogP contribution in [-0.2, 0) is 0 Å². The molecule has 3 aromatic rings. The van der Waals surface area contributed by atoms with E-state index in [0.29, 0.717) is 5.95 Å². The fourth-order valence-electron chi connectivity index (χ4n) is 1.91. The first-order chi connectivity index (χ1) is 9.04. The summed E-state index contributed by atoms with van der Waals surface area (Å²) in [4.78, 5) is 18.4. The van der Waals surface area contributed by atoms with Crippen LogP contribution in [0.4, 0.5) is 0 Å². The van der Waals surface area contributed by atoms with Crippen LogP contribution in [0.3, 0.4) is 0 Å². The number of carboxylic acid groups (broad SMARTS) is 1. The number of fused-ring (bicyclic) bond motifs is 1. The zero-order valence-electron chi connectivity index (χ0n) is 10.5. The molecule has 1 aromatic carbocycles. The average molecular weight is 256 g/mol. The number of carbonyl (C=O) groups is 1. The fraction of sp³-hybridized carbons (Fsp3) is 0.154. The highest BCUT2D eigenvalue weighted by molar-refractivity contribution is 5.87. The Labute approximate surface area is 108 Å². The fourth-order valence-corrected chi connectivity index (χ4v) is 1.91. The molecular weight excluding hydrogens is 244 g/mol. The molecule has 0 radical (unpaired) electrons. The molecule has 0 aliphatic rings. The highest BCUT2D eigenvalue weighted by Crippen LogP contribution is 2.18. The van der Waals surface area contributed by atoms with Crippen molar-refractivity contribution in [2.45, 2.75) is 13.8 Å². The zero-order chi connectivity index (χ0) is 13.6. The third-order valence-electron chi connectivity index (χ3n) is 3.13. The monoisotopic (exact) mass is 256 g/mol. The van der Waals surface area contributed by atoms with Gasteiger partial charge in [0.2, 0.25) is 5.95 Å². The molecule has 0 unspecified atom stereocenters. The first kappa shape index (κ1) is 11.5. The van der Waals surface area contributed by atoms with Crippen molar-refractivity contribution in [3.05, 3.63) is 41.2 Å². The second-order valence-electron chi connectivity index (χ2n) is 4.49. The van der Waals surface area contributed by atoms with Crippen molar-refractivity contribution in [2.24, 2.45) is 0 Å². The first-order valence-corrected chi connectivity index (χ1v) is 5.80. The lowest BCUT2D eigenvalue weighted by atomic mass is 10.1. The van der Waals surface area contributed by atoms with Crippen molar-refractivity contribution in [1.29, 1.82) is 0 Å². The van der Waals surface area contributed by atoms with Gasteiger partial charge in [0.1, 0.15) is 0 Å². The van der Waals surface area contributed by atoms with E-state index < -0.39 is 5.97 Å². The summed E-state index contributed by atoms with van der Waals surface area (Å²) in [5.74, 6) is -0.499. The molecule has 0 saturated carbocycles. The standard InChI is InChI=1S/C13H12N4O2/c1-7-3-10-11(4-8(7)2)16-13(15-10)17-6-9(5-14-17)12(18)19/h3-6H,1-2H3,(H,15,16)(H,18,19). The number of imidazole rings is 1. The van der Waals surface area contributed by atoms with Crippen molar-refractivity contribution in [2.75, 3.05) is 0 Å². The van der Waals surface area contributed by atoms with E-state index in [1.54, 1.807) is 0 Å². The van der Waals surface area contributed by atoms with E-state index >= 15 is 0 Å². The molecule has 2 N–H and O–H groups in total. The van der Waals surface area contributed by atoms with Crippen LogP contribution in [0.15, 0.2) is 24.5 Å². The first-order valence-electron chi connectivity index (χ1n) is 5.80. The molecule has 2 heterocycles. The number of aryl methyl sites for hydroxylation is 2. The summed E-state index contributed by atoms with van der Waals surface area (Å²) in [6.45, 7) is 4.06. The van der Waals surface area contributed by atoms with Gasteiger partial charge in [0.25, 0.3) is 0 Å². The van der Waals surface area contributed by atoms with Gasteiger partial charge in [-0.25, -0.2) is 14.5 Å². The molecule has 0 aliphatic heterocycles. The van der Waals surface area contributed by atoms with Gasteiger partial charge < -0.3 is 10.1 Å². The normalized spacial score (nSPS) is 11.1. The Kier molecular flexibility index (Phi) is 2.38. The van der Waals surface area contributed by atoms with E-state index in [2.05, 4.69) is 15.1 Å². The van der Waals surface area contributed by atoms with Crippen molar-refractivity contribution in [3.63, 3.8) is 0 Å². The van der Waals surface area contributed by atoms with Crippen LogP contribution in [0.2, 0.25) is 0 Å². The van der Waals surface area contributed by atoms with Crippen molar-refractivity contribution < 1.29 is 9.90 Å². The summed E-state index contributed by atoms with van der Waals surface area (Å²) in [6, 6.07) is 4.01. The van der Waals surface area contributed by atoms with E-state index in [9.17, 15) is 4.79 Å². The third-order valence-corrected chi connectivity index (χ3v) is 3.13. The van der Waals surface area contributed by atoms with Crippen LogP contribution in [-0.4, -0.2) is 30.8 Å². The second kappa shape index (κ2) is 3.94. The number of aromatic amines is 1. The number of aromatic carboxylic acids is 1. The van der Waals surface area contributed by atoms with Crippen LogP contribution < -0.4 is 0 Å². The number of nitrogens with zero attached hydrogens (tertiary/aromatic N) is 3. The highest BCUT2D eigenvalue weighted by atomic mass is 16.4. The number of hydrogen-bond acceptors (Lipinski definition) is 3. The molecule has 19 heavy (non-hydrogen) atoms. The zero-order valence-corrected chi connectivity index (χ0v) is 10.5. The van der Waals surface area contributed by atoms with E-state index in [1.165, 1.54) is 22.6 Å². The molecule has 0 amide bonds. The van der Waals surface area contributed by atoms with Crippen LogP contribution >= 0.6 is 0 Å². The number of hydrogen-bond donors (Lipinski definition) is 2. The number of H-pyrrole nitrogens is 1. The number of carboxylic acids is 1. The molecule has 0 fully saturated rings. The van der Waals surface area contributed by atoms with E-state index in [-0.39, 0.29) is 5.56 Å². The Bertz CT molecular complexity index is 746. The van der Waals surface area contributed by atoms with Crippen molar-refractivity contribution in [3.8, 4) is 5.95 Å². The summed E-state index contributed by atoms with van der Waals surface area (Å²) in [5, 5.41) is 12.9. The molecular formula is C13H12N4O2. The Morgan fingerprint density at radius 2 is 2.05 bits per heavy atom. The summed E-state index contributed by atoms with van der Waals surface area (Å²) in [7, 11) is 0. The lowest BCUT2D eigenvalue weighted by molar-refractivity contribution is 0.0697. The Morgan fingerprint density at radius 1 is 1.32 bits per heavy atom. The molecule has 0 spiro atoms. The second-order valence-corrected chi connectivity index (χ2v) is 4.49. The lowest BCUT2D eigenvalue weighted by Crippen LogP contribution is -1.97. The predicted octanol–water partition coefficient (Wildman–Crippen LogP) is 2.06. The quantitative estimate of drug-likeness (QED) is 0.735. The van der Waals surface area contributed by atoms with Crippen LogP contribution in [0.25, 0.3) is 17.0 Å². The number of aromatic nitrogens is 4. The topological polar surface area (TPSA) is 83.8 Å². The van der Waals surface area contributed by atoms with Gasteiger partial charge in [-0.15, -0.1) is 0 Å². The minimum atomic E-state index is -1.01. The maximum absolute atomic E-state index is 10.8. The van der Waals surface area contributed by atoms with Crippen LogP contribution in [0.5, 0.6) is 0 Å². The molecule has 0 aliphatic carbocycles. The highest BCUT2D eigenvalue weighted by Gasteiger charge is 2.10. The van der Waals surface area contributed by atoms with Crippen LogP contribution in [0.1, 0.15) is 21.5 Å². The van der Waals surface area contributed by atoms with Gasteiger partial charge >= 0.3 is 5.97 Å². The van der Waals surface area contributed by atoms with Crippen molar-refractivity contribution in [1.82, 2.24) is 19.7 Å². The molecule has 96 valence electrons. The SMILES string of the molecule is Cc1cc2nc(-n3cc(C(=O)O)cn3)[nH]c2cc1C. The molecule has 6 heteroatoms. The summed E-state index contributed by atoms with van der Waals surface area (Å²) < 4.78 is 1.42. The Balaban J connectivity index is 2.12. The maximum Gasteiger partial charge on any atom is 0.338 e. The minimum Gasteiger partial charge on any atom is -0.478 e. The van der Waals surface area contributed by atoms with Gasteiger partial charge in [0, 0.05) is 6.20 Å². The van der Waals surface area contributed by atoms with Crippen LogP contribution in [0, 0.1) is 13.8 Å².